The Balaban J connectivity index is 1.06. The van der Waals surface area contributed by atoms with Crippen LogP contribution in [0.15, 0.2) is 36.7 Å². The minimum atomic E-state index is -0.605. The van der Waals surface area contributed by atoms with Gasteiger partial charge in [0.05, 0.1) is 29.8 Å². The predicted molar refractivity (Wildman–Crippen MR) is 172 cm³/mol. The number of halogens is 3. The van der Waals surface area contributed by atoms with E-state index < -0.39 is 22.7 Å². The van der Waals surface area contributed by atoms with Gasteiger partial charge in [0.25, 0.3) is 0 Å². The van der Waals surface area contributed by atoms with E-state index in [0.717, 1.165) is 41.5 Å². The van der Waals surface area contributed by atoms with Crippen molar-refractivity contribution >= 4 is 17.5 Å². The maximum absolute atomic E-state index is 15.3. The maximum Gasteiger partial charge on any atom is 0.226 e. The average Bonchev–Trinajstić information content (AvgIpc) is 3.88. The third-order valence-electron chi connectivity index (χ3n) is 11.9. The molecule has 8 nitrogen and oxygen atoms in total. The molecule has 1 aliphatic carbocycles. The molecule has 3 aromatic rings. The SMILES string of the molecule is Cc1cc2c(cc1Cl)C1(CCN(C(=O)C3C[C@H](N4C[C@@H]5C[C@H]4CO5)C[C@H]3c3ccc(F)cc3F)CC1)O[C@@H]2C(C)(C)c1ncnn1C. The molecule has 8 rings (SSSR count). The molecule has 1 saturated carbocycles. The van der Waals surface area contributed by atoms with Crippen LogP contribution >= 0.6 is 11.6 Å². The number of likely N-dealkylation sites (tertiary alicyclic amines) is 2. The molecule has 2 bridgehead atoms. The second kappa shape index (κ2) is 11.3. The Hall–Kier alpha value is -2.92. The van der Waals surface area contributed by atoms with Crippen molar-refractivity contribution < 1.29 is 23.0 Å². The van der Waals surface area contributed by atoms with Gasteiger partial charge in [0.2, 0.25) is 5.91 Å². The highest BCUT2D eigenvalue weighted by Crippen LogP contribution is 2.56. The second-order valence-electron chi connectivity index (χ2n) is 15.0. The Morgan fingerprint density at radius 1 is 1.06 bits per heavy atom. The van der Waals surface area contributed by atoms with Crippen molar-refractivity contribution in [2.24, 2.45) is 13.0 Å². The first kappa shape index (κ1) is 31.4. The fraction of sp³-hybridized carbons (Fsp3) is 0.583. The quantitative estimate of drug-likeness (QED) is 0.335. The fourth-order valence-electron chi connectivity index (χ4n) is 9.49. The van der Waals surface area contributed by atoms with Gasteiger partial charge < -0.3 is 14.4 Å². The van der Waals surface area contributed by atoms with Crippen LogP contribution in [0.1, 0.15) is 86.1 Å². The zero-order chi connectivity index (χ0) is 32.8. The first-order valence-corrected chi connectivity index (χ1v) is 17.3. The van der Waals surface area contributed by atoms with E-state index >= 15 is 4.39 Å². The number of carbonyl (C=O) groups is 1. The van der Waals surface area contributed by atoms with Crippen molar-refractivity contribution in [3.8, 4) is 0 Å². The first-order chi connectivity index (χ1) is 22.4. The topological polar surface area (TPSA) is 72.7 Å². The molecule has 6 atom stereocenters. The zero-order valence-electron chi connectivity index (χ0n) is 27.4. The number of aromatic nitrogens is 3. The summed E-state index contributed by atoms with van der Waals surface area (Å²) >= 11 is 6.72. The van der Waals surface area contributed by atoms with Crippen molar-refractivity contribution in [1.29, 1.82) is 0 Å². The van der Waals surface area contributed by atoms with E-state index in [4.69, 9.17) is 21.1 Å². The van der Waals surface area contributed by atoms with Crippen molar-refractivity contribution in [1.82, 2.24) is 24.6 Å². The van der Waals surface area contributed by atoms with Gasteiger partial charge in [-0.05, 0) is 93.2 Å². The summed E-state index contributed by atoms with van der Waals surface area (Å²) in [5.41, 5.74) is 2.54. The lowest BCUT2D eigenvalue weighted by molar-refractivity contribution is -0.151. The van der Waals surface area contributed by atoms with E-state index in [1.165, 1.54) is 12.1 Å². The third-order valence-corrected chi connectivity index (χ3v) is 12.3. The van der Waals surface area contributed by atoms with Crippen LogP contribution in [0, 0.1) is 24.5 Å². The number of carbonyl (C=O) groups excluding carboxylic acids is 1. The molecular weight excluding hydrogens is 624 g/mol. The van der Waals surface area contributed by atoms with Crippen molar-refractivity contribution in [2.75, 3.05) is 26.2 Å². The number of morpholine rings is 1. The first-order valence-electron chi connectivity index (χ1n) is 16.9. The zero-order valence-corrected chi connectivity index (χ0v) is 28.1. The minimum Gasteiger partial charge on any atom is -0.375 e. The van der Waals surface area contributed by atoms with Crippen LogP contribution in [0.3, 0.4) is 0 Å². The van der Waals surface area contributed by atoms with Crippen molar-refractivity contribution in [3.05, 3.63) is 81.4 Å². The Labute approximate surface area is 279 Å². The molecule has 1 spiro atoms. The summed E-state index contributed by atoms with van der Waals surface area (Å²) in [6.45, 7) is 8.88. The van der Waals surface area contributed by atoms with E-state index in [0.29, 0.717) is 62.0 Å². The van der Waals surface area contributed by atoms with Gasteiger partial charge in [-0.2, -0.15) is 5.10 Å². The molecule has 1 amide bonds. The highest BCUT2D eigenvalue weighted by Gasteiger charge is 2.54. The highest BCUT2D eigenvalue weighted by molar-refractivity contribution is 6.31. The number of piperidine rings is 1. The van der Waals surface area contributed by atoms with Crippen LogP contribution in [0.4, 0.5) is 8.78 Å². The van der Waals surface area contributed by atoms with E-state index in [-0.39, 0.29) is 36.0 Å². The number of rotatable bonds is 5. The molecule has 1 unspecified atom stereocenters. The van der Waals surface area contributed by atoms with Crippen molar-refractivity contribution in [2.45, 2.75) is 94.1 Å². The van der Waals surface area contributed by atoms with Crippen LogP contribution in [-0.2, 0) is 32.3 Å². The average molecular weight is 666 g/mol. The van der Waals surface area contributed by atoms with Gasteiger partial charge in [-0.15, -0.1) is 0 Å². The van der Waals surface area contributed by atoms with Crippen LogP contribution in [0.25, 0.3) is 0 Å². The number of ether oxygens (including phenoxy) is 2. The normalized spacial score (nSPS) is 30.1. The number of nitrogens with zero attached hydrogens (tertiary/aromatic N) is 5. The summed E-state index contributed by atoms with van der Waals surface area (Å²) in [6.07, 6.45) is 5.12. The van der Waals surface area contributed by atoms with E-state index in [9.17, 15) is 9.18 Å². The van der Waals surface area contributed by atoms with Gasteiger partial charge in [-0.1, -0.05) is 23.7 Å². The molecular formula is C36H42ClF2N5O3. The number of benzene rings is 2. The molecule has 4 fully saturated rings. The lowest BCUT2D eigenvalue weighted by Gasteiger charge is -2.42. The number of hydrogen-bond acceptors (Lipinski definition) is 6. The Morgan fingerprint density at radius 3 is 2.51 bits per heavy atom. The number of hydrogen-bond donors (Lipinski definition) is 0. The smallest absolute Gasteiger partial charge is 0.226 e. The standard InChI is InChI=1S/C36H42ClF2N5O3/c1-20-11-28-29(16-30(20)37)36(47-32(28)35(2,3)34-40-19-41-42(34)4)7-9-43(10-8-36)33(45)27-15-22(44-17-24-13-23(44)18-46-24)14-26(27)25-6-5-21(38)12-31(25)39/h5-6,11-12,16,19,22-24,26-27,32H,7-10,13-15,17-18H2,1-4H3/t22-,23+,24+,26+,27?,32+/m1/s1. The van der Waals surface area contributed by atoms with Crippen LogP contribution < -0.4 is 0 Å². The highest BCUT2D eigenvalue weighted by atomic mass is 35.5. The Bertz CT molecular complexity index is 1720. The Morgan fingerprint density at radius 2 is 1.85 bits per heavy atom. The summed E-state index contributed by atoms with van der Waals surface area (Å²) in [5, 5.41) is 5.02. The number of aryl methyl sites for hydroxylation is 2. The molecule has 0 radical (unpaired) electrons. The predicted octanol–water partition coefficient (Wildman–Crippen LogP) is 5.96. The summed E-state index contributed by atoms with van der Waals surface area (Å²) in [6, 6.07) is 8.50. The molecule has 47 heavy (non-hydrogen) atoms. The molecule has 250 valence electrons. The summed E-state index contributed by atoms with van der Waals surface area (Å²) in [7, 11) is 1.90. The van der Waals surface area contributed by atoms with Crippen LogP contribution in [0.2, 0.25) is 5.02 Å². The molecule has 5 heterocycles. The molecule has 2 aromatic carbocycles. The lowest BCUT2D eigenvalue weighted by atomic mass is 9.78. The summed E-state index contributed by atoms with van der Waals surface area (Å²) in [4.78, 5) is 23.5. The molecule has 0 N–H and O–H groups in total. The van der Waals surface area contributed by atoms with Gasteiger partial charge in [0.15, 0.2) is 0 Å². The summed E-state index contributed by atoms with van der Waals surface area (Å²) < 4.78 is 44.0. The van der Waals surface area contributed by atoms with Gasteiger partial charge in [0, 0.05) is 55.8 Å². The second-order valence-corrected chi connectivity index (χ2v) is 15.4. The van der Waals surface area contributed by atoms with Crippen molar-refractivity contribution in [3.63, 3.8) is 0 Å². The monoisotopic (exact) mass is 665 g/mol. The van der Waals surface area contributed by atoms with Gasteiger partial charge >= 0.3 is 0 Å². The van der Waals surface area contributed by atoms with Gasteiger partial charge in [0.1, 0.15) is 23.8 Å². The molecule has 5 aliphatic rings. The van der Waals surface area contributed by atoms with Crippen LogP contribution in [-0.4, -0.2) is 74.9 Å². The lowest BCUT2D eigenvalue weighted by Crippen LogP contribution is -2.48. The molecule has 11 heteroatoms. The third kappa shape index (κ3) is 5.04. The van der Waals surface area contributed by atoms with Gasteiger partial charge in [-0.3, -0.25) is 14.4 Å². The Kier molecular flexibility index (Phi) is 7.55. The summed E-state index contributed by atoms with van der Waals surface area (Å²) in [5.74, 6) is -0.994. The molecule has 1 aromatic heterocycles. The minimum absolute atomic E-state index is 0.0489. The van der Waals surface area contributed by atoms with E-state index in [1.807, 2.05) is 18.9 Å². The molecule has 4 aliphatic heterocycles. The fourth-order valence-corrected chi connectivity index (χ4v) is 9.65. The molecule has 3 saturated heterocycles. The maximum atomic E-state index is 15.3. The number of amides is 1. The van der Waals surface area contributed by atoms with Crippen LogP contribution in [0.5, 0.6) is 0 Å². The largest absolute Gasteiger partial charge is 0.375 e. The van der Waals surface area contributed by atoms with Gasteiger partial charge in [-0.25, -0.2) is 13.8 Å². The van der Waals surface area contributed by atoms with E-state index in [2.05, 4.69) is 41.0 Å². The van der Waals surface area contributed by atoms with E-state index in [1.54, 1.807) is 11.0 Å². The number of fused-ring (bicyclic) bond motifs is 4.